The van der Waals surface area contributed by atoms with E-state index in [9.17, 15) is 13.2 Å². The van der Waals surface area contributed by atoms with Crippen LogP contribution < -0.4 is 4.72 Å². The van der Waals surface area contributed by atoms with Crippen molar-refractivity contribution in [2.75, 3.05) is 17.8 Å². The highest BCUT2D eigenvalue weighted by molar-refractivity contribution is 7.92. The number of carbonyl (C=O) groups excluding carboxylic acids is 1. The van der Waals surface area contributed by atoms with Crippen LogP contribution in [0.25, 0.3) is 0 Å². The van der Waals surface area contributed by atoms with E-state index in [2.05, 4.69) is 4.72 Å². The fourth-order valence-electron chi connectivity index (χ4n) is 3.69. The van der Waals surface area contributed by atoms with Gasteiger partial charge in [0.1, 0.15) is 4.90 Å². The van der Waals surface area contributed by atoms with Crippen molar-refractivity contribution in [3.8, 4) is 0 Å². The Kier molecular flexibility index (Phi) is 5.77. The van der Waals surface area contributed by atoms with E-state index in [4.69, 9.17) is 11.6 Å². The Balaban J connectivity index is 2.07. The van der Waals surface area contributed by atoms with Gasteiger partial charge in [0.25, 0.3) is 15.9 Å². The predicted octanol–water partition coefficient (Wildman–Crippen LogP) is 4.03. The second-order valence-corrected chi connectivity index (χ2v) is 9.41. The van der Waals surface area contributed by atoms with Crippen molar-refractivity contribution < 1.29 is 13.2 Å². The first-order chi connectivity index (χ1) is 13.1. The maximum absolute atomic E-state index is 13.3. The van der Waals surface area contributed by atoms with Gasteiger partial charge in [-0.3, -0.25) is 9.52 Å². The summed E-state index contributed by atoms with van der Waals surface area (Å²) >= 11 is 5.98. The van der Waals surface area contributed by atoms with Gasteiger partial charge in [-0.05, 0) is 63.8 Å². The average molecular weight is 424 g/mol. The van der Waals surface area contributed by atoms with Crippen molar-refractivity contribution >= 4 is 33.2 Å². The number of benzene rings is 1. The van der Waals surface area contributed by atoms with Crippen molar-refractivity contribution in [3.63, 3.8) is 0 Å². The molecule has 0 spiro atoms. The summed E-state index contributed by atoms with van der Waals surface area (Å²) in [6.45, 7) is 6.62. The number of nitrogens with one attached hydrogen (secondary N) is 1. The van der Waals surface area contributed by atoms with Gasteiger partial charge in [0, 0.05) is 36.5 Å². The fourth-order valence-corrected chi connectivity index (χ4v) is 5.57. The van der Waals surface area contributed by atoms with Gasteiger partial charge in [0.2, 0.25) is 0 Å². The lowest BCUT2D eigenvalue weighted by Crippen LogP contribution is -2.36. The first kappa shape index (κ1) is 20.7. The fraction of sp³-hybridized carbons (Fsp3) is 0.450. The second-order valence-electron chi connectivity index (χ2n) is 7.35. The van der Waals surface area contributed by atoms with Crippen LogP contribution in [0.2, 0.25) is 5.02 Å². The molecule has 1 N–H and O–H groups in total. The Morgan fingerprint density at radius 1 is 1.07 bits per heavy atom. The van der Waals surface area contributed by atoms with Crippen molar-refractivity contribution in [2.45, 2.75) is 44.9 Å². The number of halogens is 1. The first-order valence-corrected chi connectivity index (χ1v) is 11.2. The number of aryl methyl sites for hydroxylation is 1. The molecule has 152 valence electrons. The molecule has 0 atom stereocenters. The van der Waals surface area contributed by atoms with Crippen LogP contribution in [0, 0.1) is 20.8 Å². The zero-order valence-electron chi connectivity index (χ0n) is 16.7. The van der Waals surface area contributed by atoms with Gasteiger partial charge in [-0.15, -0.1) is 0 Å². The van der Waals surface area contributed by atoms with Crippen molar-refractivity contribution in [2.24, 2.45) is 7.05 Å². The summed E-state index contributed by atoms with van der Waals surface area (Å²) < 4.78 is 31.0. The van der Waals surface area contributed by atoms with Crippen LogP contribution in [0.5, 0.6) is 0 Å². The molecule has 1 saturated heterocycles. The molecule has 1 aromatic heterocycles. The largest absolute Gasteiger partial charge is 0.350 e. The number of amides is 1. The third-order valence-corrected chi connectivity index (χ3v) is 7.24. The summed E-state index contributed by atoms with van der Waals surface area (Å²) in [7, 11) is -2.17. The highest BCUT2D eigenvalue weighted by Crippen LogP contribution is 2.31. The minimum Gasteiger partial charge on any atom is -0.350 e. The summed E-state index contributed by atoms with van der Waals surface area (Å²) in [5, 5.41) is 0.535. The lowest BCUT2D eigenvalue weighted by molar-refractivity contribution is 0.0720. The van der Waals surface area contributed by atoms with Crippen LogP contribution in [0.4, 0.5) is 5.69 Å². The van der Waals surface area contributed by atoms with Crippen LogP contribution in [-0.4, -0.2) is 36.9 Å². The third kappa shape index (κ3) is 3.78. The standard InChI is InChI=1S/C20H26ClN3O3S/c1-13-12-16(21)8-9-17(13)22-28(26,27)19-15(3)23(4)14(2)18(19)20(25)24-10-6-5-7-11-24/h8-9,12,22H,5-7,10-11H2,1-4H3. The van der Waals surface area contributed by atoms with Gasteiger partial charge >= 0.3 is 0 Å². The molecule has 6 nitrogen and oxygen atoms in total. The Hall–Kier alpha value is -1.99. The molecule has 1 amide bonds. The first-order valence-electron chi connectivity index (χ1n) is 9.37. The topological polar surface area (TPSA) is 71.4 Å². The molecule has 8 heteroatoms. The molecule has 0 radical (unpaired) electrons. The van der Waals surface area contributed by atoms with Crippen molar-refractivity contribution in [1.29, 1.82) is 0 Å². The molecule has 28 heavy (non-hydrogen) atoms. The highest BCUT2D eigenvalue weighted by Gasteiger charge is 2.33. The van der Waals surface area contributed by atoms with Crippen LogP contribution in [0.3, 0.4) is 0 Å². The maximum Gasteiger partial charge on any atom is 0.264 e. The Bertz CT molecular complexity index is 1020. The number of carbonyl (C=O) groups is 1. The van der Waals surface area contributed by atoms with E-state index in [0.717, 1.165) is 19.3 Å². The van der Waals surface area contributed by atoms with Crippen LogP contribution >= 0.6 is 11.6 Å². The molecule has 0 unspecified atom stereocenters. The molecule has 0 saturated carbocycles. The predicted molar refractivity (Wildman–Crippen MR) is 112 cm³/mol. The van der Waals surface area contributed by atoms with Gasteiger partial charge in [0.15, 0.2) is 0 Å². The van der Waals surface area contributed by atoms with E-state index in [-0.39, 0.29) is 16.4 Å². The minimum atomic E-state index is -3.96. The normalized spacial score (nSPS) is 15.0. The number of nitrogens with zero attached hydrogens (tertiary/aromatic N) is 2. The monoisotopic (exact) mass is 423 g/mol. The number of anilines is 1. The van der Waals surface area contributed by atoms with Crippen LogP contribution in [0.1, 0.15) is 46.6 Å². The summed E-state index contributed by atoms with van der Waals surface area (Å²) in [6, 6.07) is 4.96. The lowest BCUT2D eigenvalue weighted by Gasteiger charge is -2.27. The van der Waals surface area contributed by atoms with E-state index >= 15 is 0 Å². The lowest BCUT2D eigenvalue weighted by atomic mass is 10.1. The quantitative estimate of drug-likeness (QED) is 0.806. The van der Waals surface area contributed by atoms with E-state index in [1.165, 1.54) is 0 Å². The molecule has 0 aliphatic carbocycles. The van der Waals surface area contributed by atoms with E-state index in [0.29, 0.717) is 40.8 Å². The number of hydrogen-bond acceptors (Lipinski definition) is 3. The van der Waals surface area contributed by atoms with E-state index < -0.39 is 10.0 Å². The van der Waals surface area contributed by atoms with Crippen LogP contribution in [0.15, 0.2) is 23.1 Å². The summed E-state index contributed by atoms with van der Waals surface area (Å²) in [5.41, 5.74) is 2.62. The van der Waals surface area contributed by atoms with E-state index in [1.54, 1.807) is 55.5 Å². The van der Waals surface area contributed by atoms with Gasteiger partial charge in [0.05, 0.1) is 11.3 Å². The van der Waals surface area contributed by atoms with Crippen molar-refractivity contribution in [3.05, 3.63) is 45.7 Å². The molecule has 2 aromatic rings. The van der Waals surface area contributed by atoms with Crippen molar-refractivity contribution in [1.82, 2.24) is 9.47 Å². The Morgan fingerprint density at radius 2 is 1.71 bits per heavy atom. The van der Waals surface area contributed by atoms with Gasteiger partial charge in [-0.25, -0.2) is 8.42 Å². The molecule has 1 aromatic carbocycles. The molecule has 0 bridgehead atoms. The van der Waals surface area contributed by atoms with Gasteiger partial charge in [-0.1, -0.05) is 11.6 Å². The van der Waals surface area contributed by atoms with Crippen LogP contribution in [-0.2, 0) is 17.1 Å². The molecule has 1 aliphatic heterocycles. The molecule has 1 aliphatic rings. The number of piperidine rings is 1. The van der Waals surface area contributed by atoms with Gasteiger partial charge < -0.3 is 9.47 Å². The molecular weight excluding hydrogens is 398 g/mol. The zero-order valence-corrected chi connectivity index (χ0v) is 18.2. The smallest absolute Gasteiger partial charge is 0.264 e. The number of rotatable bonds is 4. The number of likely N-dealkylation sites (tertiary alicyclic amines) is 1. The third-order valence-electron chi connectivity index (χ3n) is 5.48. The zero-order chi connectivity index (χ0) is 20.6. The van der Waals surface area contributed by atoms with E-state index in [1.807, 2.05) is 0 Å². The Morgan fingerprint density at radius 3 is 2.32 bits per heavy atom. The number of hydrogen-bond donors (Lipinski definition) is 1. The number of aromatic nitrogens is 1. The maximum atomic E-state index is 13.3. The number of sulfonamides is 1. The molecule has 1 fully saturated rings. The average Bonchev–Trinajstić information content (AvgIpc) is 2.89. The molecule has 2 heterocycles. The minimum absolute atomic E-state index is 0.0532. The highest BCUT2D eigenvalue weighted by atomic mass is 35.5. The Labute approximate surface area is 171 Å². The summed E-state index contributed by atoms with van der Waals surface area (Å²) in [5.74, 6) is -0.214. The molecular formula is C20H26ClN3O3S. The SMILES string of the molecule is Cc1cc(Cl)ccc1NS(=O)(=O)c1c(C(=O)N2CCCCC2)c(C)n(C)c1C. The summed E-state index contributed by atoms with van der Waals surface area (Å²) in [4.78, 5) is 15.0. The van der Waals surface area contributed by atoms with Gasteiger partial charge in [-0.2, -0.15) is 0 Å². The second kappa shape index (κ2) is 7.79. The summed E-state index contributed by atoms with van der Waals surface area (Å²) in [6.07, 6.45) is 2.99. The molecule has 3 rings (SSSR count).